The maximum absolute atomic E-state index is 13.2. The first kappa shape index (κ1) is 18.3. The van der Waals surface area contributed by atoms with E-state index in [1.807, 2.05) is 18.2 Å². The number of nitrogens with one attached hydrogen (secondary N) is 1. The van der Waals surface area contributed by atoms with Crippen molar-refractivity contribution in [2.75, 3.05) is 16.2 Å². The first-order valence-electron chi connectivity index (χ1n) is 9.35. The van der Waals surface area contributed by atoms with Gasteiger partial charge in [0.2, 0.25) is 0 Å². The van der Waals surface area contributed by atoms with Crippen molar-refractivity contribution in [3.8, 4) is 0 Å². The van der Waals surface area contributed by atoms with Gasteiger partial charge < -0.3 is 5.32 Å². The van der Waals surface area contributed by atoms with Crippen LogP contribution < -0.4 is 9.62 Å². The first-order chi connectivity index (χ1) is 14.5. The Hall–Kier alpha value is -3.72. The average Bonchev–Trinajstić information content (AvgIpc) is 3.41. The zero-order valence-corrected chi connectivity index (χ0v) is 16.6. The van der Waals surface area contributed by atoms with Crippen molar-refractivity contribution in [2.45, 2.75) is 11.3 Å². The second-order valence-corrected chi connectivity index (χ2v) is 8.73. The molecule has 9 heteroatoms. The van der Waals surface area contributed by atoms with Crippen LogP contribution in [0.15, 0.2) is 78.0 Å². The van der Waals surface area contributed by atoms with Gasteiger partial charge in [0.05, 0.1) is 16.8 Å². The summed E-state index contributed by atoms with van der Waals surface area (Å²) in [5.41, 5.74) is 2.51. The molecule has 1 N–H and O–H groups in total. The lowest BCUT2D eigenvalue weighted by atomic mass is 10.2. The van der Waals surface area contributed by atoms with Crippen LogP contribution in [0.4, 0.5) is 11.5 Å². The van der Waals surface area contributed by atoms with Crippen LogP contribution in [-0.2, 0) is 16.4 Å². The Morgan fingerprint density at radius 3 is 2.77 bits per heavy atom. The van der Waals surface area contributed by atoms with Crippen molar-refractivity contribution in [2.24, 2.45) is 0 Å². The van der Waals surface area contributed by atoms with E-state index < -0.39 is 15.9 Å². The molecule has 0 saturated heterocycles. The lowest BCUT2D eigenvalue weighted by Gasteiger charge is -2.20. The molecule has 3 heterocycles. The quantitative estimate of drug-likeness (QED) is 0.549. The zero-order valence-electron chi connectivity index (χ0n) is 15.8. The standard InChI is InChI=1S/C21H17N5O3S/c27-21(24-20-8-11-22-19-9-12-23-26(19)20)16-5-3-6-17(14-16)30(28,29)25-13-10-15-4-1-2-7-18(15)25/h1-9,11-12,14H,10,13H2,(H,24,27). The highest BCUT2D eigenvalue weighted by Gasteiger charge is 2.31. The minimum Gasteiger partial charge on any atom is -0.306 e. The van der Waals surface area contributed by atoms with Crippen molar-refractivity contribution in [1.82, 2.24) is 14.6 Å². The van der Waals surface area contributed by atoms with E-state index >= 15 is 0 Å². The van der Waals surface area contributed by atoms with Crippen molar-refractivity contribution in [3.05, 3.63) is 84.2 Å². The van der Waals surface area contributed by atoms with Gasteiger partial charge in [-0.05, 0) is 42.3 Å². The lowest BCUT2D eigenvalue weighted by Crippen LogP contribution is -2.29. The van der Waals surface area contributed by atoms with Crippen LogP contribution in [0, 0.1) is 0 Å². The summed E-state index contributed by atoms with van der Waals surface area (Å²) < 4.78 is 29.4. The number of anilines is 2. The summed E-state index contributed by atoms with van der Waals surface area (Å²) in [6, 6.07) is 16.8. The van der Waals surface area contributed by atoms with E-state index in [0.717, 1.165) is 5.56 Å². The van der Waals surface area contributed by atoms with Crippen molar-refractivity contribution in [1.29, 1.82) is 0 Å². The molecule has 30 heavy (non-hydrogen) atoms. The molecule has 8 nitrogen and oxygen atoms in total. The summed E-state index contributed by atoms with van der Waals surface area (Å²) in [6.07, 6.45) is 3.81. The molecular formula is C21H17N5O3S. The van der Waals surface area contributed by atoms with Gasteiger partial charge in [0.15, 0.2) is 5.65 Å². The van der Waals surface area contributed by atoms with Crippen molar-refractivity contribution in [3.63, 3.8) is 0 Å². The maximum atomic E-state index is 13.2. The molecule has 4 aromatic rings. The van der Waals surface area contributed by atoms with Crippen LogP contribution in [0.5, 0.6) is 0 Å². The Morgan fingerprint density at radius 2 is 1.87 bits per heavy atom. The van der Waals surface area contributed by atoms with Gasteiger partial charge in [-0.3, -0.25) is 9.10 Å². The van der Waals surface area contributed by atoms with Crippen molar-refractivity contribution < 1.29 is 13.2 Å². The number of nitrogens with zero attached hydrogens (tertiary/aromatic N) is 4. The third-order valence-corrected chi connectivity index (χ3v) is 6.87. The molecule has 0 radical (unpaired) electrons. The third kappa shape index (κ3) is 3.00. The lowest BCUT2D eigenvalue weighted by molar-refractivity contribution is 0.102. The van der Waals surface area contributed by atoms with E-state index in [4.69, 9.17) is 0 Å². The summed E-state index contributed by atoms with van der Waals surface area (Å²) in [6.45, 7) is 0.381. The summed E-state index contributed by atoms with van der Waals surface area (Å²) in [5.74, 6) is 0.00797. The molecular weight excluding hydrogens is 402 g/mol. The molecule has 2 aromatic carbocycles. The van der Waals surface area contributed by atoms with Crippen LogP contribution >= 0.6 is 0 Å². The van der Waals surface area contributed by atoms with E-state index in [1.54, 1.807) is 42.7 Å². The summed E-state index contributed by atoms with van der Waals surface area (Å²) in [7, 11) is -3.78. The van der Waals surface area contributed by atoms with E-state index in [9.17, 15) is 13.2 Å². The number of para-hydroxylation sites is 1. The molecule has 0 unspecified atom stereocenters. The highest BCUT2D eigenvalue weighted by atomic mass is 32.2. The number of benzene rings is 2. The largest absolute Gasteiger partial charge is 0.306 e. The molecule has 0 spiro atoms. The third-order valence-electron chi connectivity index (χ3n) is 5.06. The van der Waals surface area contributed by atoms with Gasteiger partial charge in [0.25, 0.3) is 15.9 Å². The van der Waals surface area contributed by atoms with E-state index in [2.05, 4.69) is 15.4 Å². The molecule has 0 saturated carbocycles. The first-order valence-corrected chi connectivity index (χ1v) is 10.8. The number of amides is 1. The number of hydrogen-bond donors (Lipinski definition) is 1. The molecule has 1 amide bonds. The van der Waals surface area contributed by atoms with Gasteiger partial charge in [-0.2, -0.15) is 9.61 Å². The van der Waals surface area contributed by atoms with Crippen LogP contribution in [0.25, 0.3) is 5.65 Å². The molecule has 0 bridgehead atoms. The normalized spacial score (nSPS) is 13.4. The predicted molar refractivity (Wildman–Crippen MR) is 112 cm³/mol. The highest BCUT2D eigenvalue weighted by Crippen LogP contribution is 2.32. The number of sulfonamides is 1. The minimum atomic E-state index is -3.78. The molecule has 0 fully saturated rings. The molecule has 150 valence electrons. The summed E-state index contributed by atoms with van der Waals surface area (Å²) in [4.78, 5) is 17.0. The van der Waals surface area contributed by atoms with E-state index in [-0.39, 0.29) is 10.5 Å². The van der Waals surface area contributed by atoms with E-state index in [0.29, 0.717) is 30.1 Å². The van der Waals surface area contributed by atoms with Crippen LogP contribution in [0.3, 0.4) is 0 Å². The monoisotopic (exact) mass is 419 g/mol. The molecule has 5 rings (SSSR count). The number of hydrogen-bond acceptors (Lipinski definition) is 5. The molecule has 1 aliphatic heterocycles. The van der Waals surface area contributed by atoms with Crippen LogP contribution in [-0.4, -0.2) is 35.5 Å². The van der Waals surface area contributed by atoms with Gasteiger partial charge in [0, 0.05) is 24.4 Å². The maximum Gasteiger partial charge on any atom is 0.264 e. The van der Waals surface area contributed by atoms with Gasteiger partial charge in [0.1, 0.15) is 5.82 Å². The van der Waals surface area contributed by atoms with Gasteiger partial charge in [-0.25, -0.2) is 13.4 Å². The second-order valence-electron chi connectivity index (χ2n) is 6.87. The topological polar surface area (TPSA) is 96.7 Å². The Morgan fingerprint density at radius 1 is 1.00 bits per heavy atom. The fourth-order valence-corrected chi connectivity index (χ4v) is 5.15. The smallest absolute Gasteiger partial charge is 0.264 e. The molecule has 0 aliphatic carbocycles. The minimum absolute atomic E-state index is 0.0748. The Bertz CT molecular complexity index is 1380. The Kier molecular flexibility index (Phi) is 4.25. The number of fused-ring (bicyclic) bond motifs is 2. The fraction of sp³-hybridized carbons (Fsp3) is 0.0952. The summed E-state index contributed by atoms with van der Waals surface area (Å²) >= 11 is 0. The molecule has 0 atom stereocenters. The number of aromatic nitrogens is 3. The van der Waals surface area contributed by atoms with Crippen molar-refractivity contribution >= 4 is 33.1 Å². The molecule has 2 aromatic heterocycles. The fourth-order valence-electron chi connectivity index (χ4n) is 3.60. The average molecular weight is 419 g/mol. The van der Waals surface area contributed by atoms with Gasteiger partial charge in [-0.1, -0.05) is 24.3 Å². The Labute approximate surface area is 172 Å². The van der Waals surface area contributed by atoms with Crippen LogP contribution in [0.2, 0.25) is 0 Å². The number of carbonyl (C=O) groups is 1. The highest BCUT2D eigenvalue weighted by molar-refractivity contribution is 7.92. The van der Waals surface area contributed by atoms with Gasteiger partial charge in [-0.15, -0.1) is 0 Å². The predicted octanol–water partition coefficient (Wildman–Crippen LogP) is 2.73. The second kappa shape index (κ2) is 6.96. The van der Waals surface area contributed by atoms with E-state index in [1.165, 1.54) is 21.0 Å². The van der Waals surface area contributed by atoms with Crippen LogP contribution in [0.1, 0.15) is 15.9 Å². The summed E-state index contributed by atoms with van der Waals surface area (Å²) in [5, 5.41) is 6.90. The number of rotatable bonds is 4. The molecule has 1 aliphatic rings. The van der Waals surface area contributed by atoms with Gasteiger partial charge >= 0.3 is 0 Å². The number of carbonyl (C=O) groups excluding carboxylic acids is 1. The zero-order chi connectivity index (χ0) is 20.7. The SMILES string of the molecule is O=C(Nc1ccnc2ccnn12)c1cccc(S(=O)(=O)N2CCc3ccccc32)c1. The Balaban J connectivity index is 1.46.